The number of hydrogen-bond donors (Lipinski definition) is 7. The lowest BCUT2D eigenvalue weighted by Gasteiger charge is -2.18. The smallest absolute Gasteiger partial charge is 0.345 e. The maximum atomic E-state index is 14.1. The van der Waals surface area contributed by atoms with Gasteiger partial charge in [0, 0.05) is 54.2 Å². The summed E-state index contributed by atoms with van der Waals surface area (Å²) in [5, 5.41) is 12.8. The number of aromatic nitrogens is 5. The van der Waals surface area contributed by atoms with Crippen molar-refractivity contribution >= 4 is 90.2 Å². The van der Waals surface area contributed by atoms with Crippen molar-refractivity contribution in [3.8, 4) is 5.75 Å². The minimum Gasteiger partial charge on any atom is -0.422 e. The summed E-state index contributed by atoms with van der Waals surface area (Å²) in [4.78, 5) is 80.3. The maximum Gasteiger partial charge on any atom is 0.345 e. The summed E-state index contributed by atoms with van der Waals surface area (Å²) in [5.74, 6) is -1.49. The van der Waals surface area contributed by atoms with Gasteiger partial charge in [-0.2, -0.15) is 29.7 Å². The second-order valence-corrected chi connectivity index (χ2v) is 19.2. The molecule has 3 heterocycles. The topological polar surface area (TPSA) is 300 Å². The van der Waals surface area contributed by atoms with Crippen molar-refractivity contribution < 1.29 is 50.9 Å². The normalized spacial score (nSPS) is 11.9. The molecule has 0 aliphatic heterocycles. The molecule has 7 rings (SSSR count). The molecule has 382 valence electrons. The first-order valence-electron chi connectivity index (χ1n) is 23.1. The van der Waals surface area contributed by atoms with Crippen LogP contribution in [0.2, 0.25) is 0 Å². The molecule has 0 spiro atoms. The number of esters is 1. The first-order valence-corrected chi connectivity index (χ1v) is 26.1. The fourth-order valence-electron chi connectivity index (χ4n) is 7.98. The van der Waals surface area contributed by atoms with Crippen LogP contribution in [-0.2, 0) is 37.5 Å². The highest BCUT2D eigenvalue weighted by atomic mass is 32.2. The van der Waals surface area contributed by atoms with Crippen molar-refractivity contribution in [2.45, 2.75) is 39.4 Å². The Balaban J connectivity index is 0.804. The van der Waals surface area contributed by atoms with Gasteiger partial charge in [0.15, 0.2) is 17.7 Å². The monoisotopic (exact) mass is 1040 g/mol. The number of nitrogens with zero attached hydrogens (tertiary/aromatic N) is 4. The fraction of sp³-hybridized carbons (Fsp3) is 0.300. The molecule has 0 saturated carbocycles. The van der Waals surface area contributed by atoms with E-state index < -0.39 is 39.3 Å². The first kappa shape index (κ1) is 53.2. The van der Waals surface area contributed by atoms with Crippen molar-refractivity contribution in [1.82, 2.24) is 35.9 Å². The molecule has 3 aromatic heterocycles. The van der Waals surface area contributed by atoms with E-state index in [-0.39, 0.29) is 88.0 Å². The van der Waals surface area contributed by atoms with E-state index in [1.54, 1.807) is 74.5 Å². The molecule has 0 fully saturated rings. The Morgan fingerprint density at radius 3 is 2.10 bits per heavy atom. The zero-order chi connectivity index (χ0) is 52.1. The number of benzene rings is 4. The molecule has 1 unspecified atom stereocenters. The number of amides is 3. The number of H-pyrrole nitrogens is 1. The number of carbonyl (C=O) groups excluding carboxylic acids is 4. The molecule has 0 bridgehead atoms. The minimum absolute atomic E-state index is 0.0474. The van der Waals surface area contributed by atoms with E-state index in [1.165, 1.54) is 18.0 Å². The zero-order valence-electron chi connectivity index (χ0n) is 40.2. The van der Waals surface area contributed by atoms with E-state index in [9.17, 15) is 36.9 Å². The third-order valence-corrected chi connectivity index (χ3v) is 12.8. The predicted octanol–water partition coefficient (Wildman–Crippen LogP) is 3.66. The Labute approximate surface area is 423 Å². The molecule has 0 aliphatic rings. The summed E-state index contributed by atoms with van der Waals surface area (Å²) < 4.78 is 51.4. The summed E-state index contributed by atoms with van der Waals surface area (Å²) in [6.45, 7) is 5.37. The lowest BCUT2D eigenvalue weighted by Crippen LogP contribution is -2.49. The largest absolute Gasteiger partial charge is 0.422 e. The summed E-state index contributed by atoms with van der Waals surface area (Å²) >= 11 is 1.41. The molecule has 4 aromatic carbocycles. The SMILES string of the molecule is CSCC(NC(=O)c1ccc(NCc2cnc3nc(N)[nH]c(=O)c3n2)cc1)C(=O)NCCOCCOCCNC(=O)c1cc(C)c(OC(=O)c2c3ccccc3[n+](CCCS(=O)(=O)O)c3ccccc23)c(C)c1. The van der Waals surface area contributed by atoms with Gasteiger partial charge >= 0.3 is 5.97 Å². The average molecular weight is 1040 g/mol. The molecule has 23 heteroatoms. The molecule has 0 radical (unpaired) electrons. The predicted molar refractivity (Wildman–Crippen MR) is 276 cm³/mol. The highest BCUT2D eigenvalue weighted by Gasteiger charge is 2.27. The van der Waals surface area contributed by atoms with Crippen molar-refractivity contribution in [3.63, 3.8) is 0 Å². The number of fused-ring (bicyclic) bond motifs is 3. The van der Waals surface area contributed by atoms with Gasteiger partial charge in [0.25, 0.3) is 27.5 Å². The summed E-state index contributed by atoms with van der Waals surface area (Å²) in [6, 6.07) is 23.7. The molecule has 0 aliphatic carbocycles. The van der Waals surface area contributed by atoms with Crippen LogP contribution in [-0.4, -0.2) is 120 Å². The van der Waals surface area contributed by atoms with Gasteiger partial charge < -0.3 is 41.2 Å². The number of thioether (sulfide) groups is 1. The third-order valence-electron chi connectivity index (χ3n) is 11.3. The van der Waals surface area contributed by atoms with Crippen LogP contribution in [0.4, 0.5) is 11.6 Å². The Hall–Kier alpha value is -7.57. The number of ether oxygens (including phenoxy) is 3. The van der Waals surface area contributed by atoms with Crippen molar-refractivity contribution in [1.29, 1.82) is 0 Å². The first-order chi connectivity index (χ1) is 35.1. The van der Waals surface area contributed by atoms with Gasteiger partial charge in [0.05, 0.1) is 67.0 Å². The number of aryl methyl sites for hydroxylation is 3. The Kier molecular flexibility index (Phi) is 18.0. The Bertz CT molecular complexity index is 3260. The van der Waals surface area contributed by atoms with Crippen LogP contribution < -0.4 is 41.9 Å². The Morgan fingerprint density at radius 2 is 1.47 bits per heavy atom. The van der Waals surface area contributed by atoms with Gasteiger partial charge in [-0.15, -0.1) is 0 Å². The number of aromatic amines is 1. The van der Waals surface area contributed by atoms with Gasteiger partial charge in [-0.3, -0.25) is 28.7 Å². The maximum absolute atomic E-state index is 14.1. The third kappa shape index (κ3) is 14.1. The number of nitrogens with one attached hydrogen (secondary N) is 5. The standard InChI is InChI=1S/C50H54N10O11S2/c1-30-25-33(26-31(2)43(30)71-49(65)41-36-9-4-6-11-39(36)60(19-8-24-73(66,67)68)40-12-7-5-10-37(40)41)45(61)52-17-20-69-22-23-70-21-18-53-47(63)38(29-72-3)57-46(62)32-13-15-34(16-14-32)54-27-35-28-55-44-42(56-35)48(64)59-50(51)58-44/h4-7,9-16,25-26,28,38H,8,17-24,27,29H2,1-3H3,(H7-,51,52,53,54,55,57,58,59,61,62,63,64,66,67,68)/p+1. The number of pyridine rings is 1. The van der Waals surface area contributed by atoms with E-state index >= 15 is 0 Å². The van der Waals surface area contributed by atoms with Crippen LogP contribution in [0.1, 0.15) is 54.3 Å². The van der Waals surface area contributed by atoms with Gasteiger partial charge in [-0.05, 0) is 79.8 Å². The number of anilines is 2. The molecular weight excluding hydrogens is 981 g/mol. The van der Waals surface area contributed by atoms with Gasteiger partial charge in [-0.1, -0.05) is 24.3 Å². The highest BCUT2D eigenvalue weighted by molar-refractivity contribution is 7.98. The van der Waals surface area contributed by atoms with Gasteiger partial charge in [0.1, 0.15) is 11.8 Å². The molecule has 7 aromatic rings. The fourth-order valence-corrected chi connectivity index (χ4v) is 9.04. The number of rotatable bonds is 24. The number of hydrogen-bond acceptors (Lipinski definition) is 16. The van der Waals surface area contributed by atoms with Crippen molar-refractivity contribution in [2.24, 2.45) is 0 Å². The number of carbonyl (C=O) groups is 4. The molecule has 1 atom stereocenters. The van der Waals surface area contributed by atoms with Gasteiger partial charge in [-0.25, -0.2) is 14.8 Å². The number of nitrogens with two attached hydrogens (primary N) is 1. The molecule has 73 heavy (non-hydrogen) atoms. The van der Waals surface area contributed by atoms with Crippen molar-refractivity contribution in [3.05, 3.63) is 135 Å². The van der Waals surface area contributed by atoms with Crippen LogP contribution in [0.3, 0.4) is 0 Å². The van der Waals surface area contributed by atoms with Crippen molar-refractivity contribution in [2.75, 3.05) is 68.3 Å². The lowest BCUT2D eigenvalue weighted by atomic mass is 10.0. The van der Waals surface area contributed by atoms with Crippen LogP contribution in [0.15, 0.2) is 95.9 Å². The second-order valence-electron chi connectivity index (χ2n) is 16.7. The van der Waals surface area contributed by atoms with Crippen LogP contribution in [0.25, 0.3) is 33.0 Å². The van der Waals surface area contributed by atoms with Gasteiger partial charge in [0.2, 0.25) is 22.9 Å². The summed E-state index contributed by atoms with van der Waals surface area (Å²) in [6.07, 6.45) is 3.48. The number of para-hydroxylation sites is 2. The molecule has 21 nitrogen and oxygen atoms in total. The van der Waals surface area contributed by atoms with E-state index in [0.717, 1.165) is 0 Å². The molecule has 8 N–H and O–H groups in total. The van der Waals surface area contributed by atoms with Crippen LogP contribution in [0.5, 0.6) is 5.75 Å². The average Bonchev–Trinajstić information content (AvgIpc) is 3.36. The minimum atomic E-state index is -4.15. The van der Waals surface area contributed by atoms with E-state index in [4.69, 9.17) is 19.9 Å². The Morgan fingerprint density at radius 1 is 0.836 bits per heavy atom. The lowest BCUT2D eigenvalue weighted by molar-refractivity contribution is -0.645. The van der Waals surface area contributed by atoms with Crippen LogP contribution >= 0.6 is 11.8 Å². The summed E-state index contributed by atoms with van der Waals surface area (Å²) in [5.41, 5.74) is 10.1. The molecule has 0 saturated heterocycles. The van der Waals surface area contributed by atoms with E-state index in [2.05, 4.69) is 41.2 Å². The van der Waals surface area contributed by atoms with Crippen LogP contribution in [0, 0.1) is 13.8 Å². The molecular formula is C50H55N10O11S2+. The molecule has 3 amide bonds. The van der Waals surface area contributed by atoms with E-state index in [0.29, 0.717) is 72.5 Å². The second kappa shape index (κ2) is 24.7. The quantitative estimate of drug-likeness (QED) is 0.0113. The number of nitrogen functional groups attached to an aromatic ring is 1. The highest BCUT2D eigenvalue weighted by Crippen LogP contribution is 2.30. The zero-order valence-corrected chi connectivity index (χ0v) is 41.9. The van der Waals surface area contributed by atoms with E-state index in [1.807, 2.05) is 35.1 Å². The summed E-state index contributed by atoms with van der Waals surface area (Å²) in [7, 11) is -4.15.